The lowest BCUT2D eigenvalue weighted by molar-refractivity contribution is -0.132. The van der Waals surface area contributed by atoms with Crippen LogP contribution in [-0.2, 0) is 14.9 Å². The van der Waals surface area contributed by atoms with Crippen LogP contribution in [0.1, 0.15) is 30.4 Å². The first kappa shape index (κ1) is 20.3. The number of piperidine rings is 2. The maximum absolute atomic E-state index is 13.6. The number of ether oxygens (including phenoxy) is 2. The SMILES string of the molecule is COc1ccc(C=Nc2ccc3c(c2)[C@]24CCN5CC6=CCO[C@@H]7CC(=O)N3[C@@H]2[C@H]7[C@H]6C[C@H]54)cc1. The van der Waals surface area contributed by atoms with Crippen molar-refractivity contribution in [3.8, 4) is 5.75 Å². The average Bonchev–Trinajstić information content (AvgIpc) is 3.35. The molecule has 0 N–H and O–H groups in total. The van der Waals surface area contributed by atoms with Crippen molar-refractivity contribution in [3.63, 3.8) is 0 Å². The fraction of sp³-hybridized carbons (Fsp3) is 0.448. The Hall–Kier alpha value is -2.96. The van der Waals surface area contributed by atoms with Gasteiger partial charge in [-0.1, -0.05) is 11.6 Å². The molecule has 1 aliphatic carbocycles. The largest absolute Gasteiger partial charge is 0.497 e. The highest BCUT2D eigenvalue weighted by atomic mass is 16.5. The molecule has 5 aliphatic heterocycles. The molecular formula is C29H29N3O3. The zero-order valence-corrected chi connectivity index (χ0v) is 19.9. The molecule has 8 rings (SSSR count). The van der Waals surface area contributed by atoms with Gasteiger partial charge in [0.05, 0.1) is 38.0 Å². The first-order valence-electron chi connectivity index (χ1n) is 12.9. The summed E-state index contributed by atoms with van der Waals surface area (Å²) in [6, 6.07) is 15.1. The third-order valence-corrected chi connectivity index (χ3v) is 9.77. The van der Waals surface area contributed by atoms with E-state index < -0.39 is 0 Å². The van der Waals surface area contributed by atoms with Crippen LogP contribution in [0.3, 0.4) is 0 Å². The highest BCUT2D eigenvalue weighted by Gasteiger charge is 2.71. The first-order chi connectivity index (χ1) is 17.2. The van der Waals surface area contributed by atoms with E-state index in [0.717, 1.165) is 42.2 Å². The zero-order valence-electron chi connectivity index (χ0n) is 19.9. The minimum absolute atomic E-state index is 0.0182. The molecule has 178 valence electrons. The van der Waals surface area contributed by atoms with Gasteiger partial charge in [0.25, 0.3) is 0 Å². The molecule has 2 bridgehead atoms. The van der Waals surface area contributed by atoms with Gasteiger partial charge in [-0.2, -0.15) is 0 Å². The molecule has 3 saturated heterocycles. The van der Waals surface area contributed by atoms with Crippen LogP contribution in [0.15, 0.2) is 59.1 Å². The van der Waals surface area contributed by atoms with Gasteiger partial charge in [0, 0.05) is 35.8 Å². The molecule has 0 unspecified atom stereocenters. The fourth-order valence-corrected chi connectivity index (χ4v) is 8.46. The highest BCUT2D eigenvalue weighted by Crippen LogP contribution is 2.66. The summed E-state index contributed by atoms with van der Waals surface area (Å²) in [6.45, 7) is 2.81. The number of carbonyl (C=O) groups excluding carboxylic acids is 1. The van der Waals surface area contributed by atoms with Gasteiger partial charge in [-0.25, -0.2) is 0 Å². The molecule has 2 aromatic rings. The summed E-state index contributed by atoms with van der Waals surface area (Å²) in [6.07, 6.45) is 7.07. The van der Waals surface area contributed by atoms with Crippen LogP contribution in [0.5, 0.6) is 5.75 Å². The Morgan fingerprint density at radius 1 is 1.20 bits per heavy atom. The second kappa shape index (κ2) is 7.05. The summed E-state index contributed by atoms with van der Waals surface area (Å²) >= 11 is 0. The van der Waals surface area contributed by atoms with Crippen LogP contribution in [-0.4, -0.2) is 62.0 Å². The lowest BCUT2D eigenvalue weighted by Gasteiger charge is -2.58. The number of aliphatic imine (C=N–C) groups is 1. The quantitative estimate of drug-likeness (QED) is 0.508. The van der Waals surface area contributed by atoms with Crippen LogP contribution in [0.4, 0.5) is 11.4 Å². The van der Waals surface area contributed by atoms with E-state index in [1.807, 2.05) is 30.5 Å². The molecule has 1 amide bonds. The topological polar surface area (TPSA) is 54.4 Å². The average molecular weight is 468 g/mol. The van der Waals surface area contributed by atoms with Crippen molar-refractivity contribution < 1.29 is 14.3 Å². The van der Waals surface area contributed by atoms with Crippen molar-refractivity contribution in [2.45, 2.75) is 42.9 Å². The molecule has 1 saturated carbocycles. The fourth-order valence-electron chi connectivity index (χ4n) is 8.46. The monoisotopic (exact) mass is 467 g/mol. The van der Waals surface area contributed by atoms with E-state index in [1.165, 1.54) is 12.0 Å². The van der Waals surface area contributed by atoms with Gasteiger partial charge in [-0.15, -0.1) is 0 Å². The number of anilines is 1. The van der Waals surface area contributed by atoms with Crippen molar-refractivity contribution in [1.29, 1.82) is 0 Å². The van der Waals surface area contributed by atoms with Gasteiger partial charge < -0.3 is 14.4 Å². The van der Waals surface area contributed by atoms with Crippen molar-refractivity contribution in [1.82, 2.24) is 4.90 Å². The Morgan fingerprint density at radius 3 is 2.94 bits per heavy atom. The zero-order chi connectivity index (χ0) is 23.3. The van der Waals surface area contributed by atoms with Crippen molar-refractivity contribution in [2.24, 2.45) is 16.8 Å². The summed E-state index contributed by atoms with van der Waals surface area (Å²) in [7, 11) is 1.68. The number of rotatable bonds is 3. The number of fused-ring (bicyclic) bond motifs is 2. The summed E-state index contributed by atoms with van der Waals surface area (Å²) in [5.74, 6) is 1.99. The Kier molecular flexibility index (Phi) is 4.08. The number of benzene rings is 2. The molecule has 1 spiro atoms. The van der Waals surface area contributed by atoms with Gasteiger partial charge in [-0.3, -0.25) is 14.7 Å². The number of carbonyl (C=O) groups is 1. The molecule has 0 aromatic heterocycles. The Morgan fingerprint density at radius 2 is 2.09 bits per heavy atom. The van der Waals surface area contributed by atoms with Crippen LogP contribution in [0.2, 0.25) is 0 Å². The van der Waals surface area contributed by atoms with Gasteiger partial charge in [0.2, 0.25) is 5.91 Å². The number of hydrogen-bond donors (Lipinski definition) is 0. The molecule has 35 heavy (non-hydrogen) atoms. The minimum Gasteiger partial charge on any atom is -0.497 e. The molecule has 0 radical (unpaired) electrons. The number of methoxy groups -OCH3 is 1. The standard InChI is InChI=1S/C29H29N3O3/c1-34-20-5-2-17(3-6-20)15-30-19-4-7-23-22(12-19)29-9-10-31-16-18-8-11-35-24-14-26(33)32(23)28(29)27(24)21(18)13-25(29)31/h2-8,12,15,21,24-25,27-28H,9-11,13-14,16H2,1H3/t21-,24+,25-,27-,28+,29-/m0/s1. The normalized spacial score (nSPS) is 36.3. The van der Waals surface area contributed by atoms with E-state index in [-0.39, 0.29) is 23.5 Å². The molecule has 6 nitrogen and oxygen atoms in total. The maximum Gasteiger partial charge on any atom is 0.229 e. The predicted molar refractivity (Wildman–Crippen MR) is 134 cm³/mol. The third kappa shape index (κ3) is 2.56. The third-order valence-electron chi connectivity index (χ3n) is 9.77. The highest BCUT2D eigenvalue weighted by molar-refractivity contribution is 5.99. The molecule has 6 aliphatic rings. The number of nitrogens with zero attached hydrogens (tertiary/aromatic N) is 3. The van der Waals surface area contributed by atoms with E-state index in [4.69, 9.17) is 14.5 Å². The van der Waals surface area contributed by atoms with Crippen molar-refractivity contribution >= 4 is 23.5 Å². The van der Waals surface area contributed by atoms with Crippen molar-refractivity contribution in [2.75, 3.05) is 31.7 Å². The van der Waals surface area contributed by atoms with Crippen LogP contribution < -0.4 is 9.64 Å². The van der Waals surface area contributed by atoms with Gasteiger partial charge in [0.1, 0.15) is 5.75 Å². The Bertz CT molecular complexity index is 1300. The number of hydrogen-bond acceptors (Lipinski definition) is 5. The van der Waals surface area contributed by atoms with E-state index in [2.05, 4.69) is 34.1 Å². The first-order valence-corrected chi connectivity index (χ1v) is 12.9. The van der Waals surface area contributed by atoms with Crippen LogP contribution in [0.25, 0.3) is 0 Å². The Balaban J connectivity index is 1.25. The van der Waals surface area contributed by atoms with Gasteiger partial charge >= 0.3 is 0 Å². The van der Waals surface area contributed by atoms with Gasteiger partial charge in [0.15, 0.2) is 0 Å². The Labute approximate surface area is 205 Å². The second-order valence-corrected chi connectivity index (χ2v) is 11.0. The second-order valence-electron chi connectivity index (χ2n) is 11.0. The van der Waals surface area contributed by atoms with E-state index in [0.29, 0.717) is 30.9 Å². The smallest absolute Gasteiger partial charge is 0.229 e. The maximum atomic E-state index is 13.6. The summed E-state index contributed by atoms with van der Waals surface area (Å²) < 4.78 is 11.6. The van der Waals surface area contributed by atoms with Crippen LogP contribution in [0, 0.1) is 11.8 Å². The lowest BCUT2D eigenvalue weighted by atomic mass is 9.53. The molecule has 5 heterocycles. The van der Waals surface area contributed by atoms with E-state index in [9.17, 15) is 4.79 Å². The lowest BCUT2D eigenvalue weighted by Crippen LogP contribution is -2.69. The summed E-state index contributed by atoms with van der Waals surface area (Å²) in [4.78, 5) is 23.3. The minimum atomic E-state index is -0.0182. The van der Waals surface area contributed by atoms with E-state index >= 15 is 0 Å². The predicted octanol–water partition coefficient (Wildman–Crippen LogP) is 3.85. The molecule has 4 fully saturated rings. The molecule has 6 atom stereocenters. The molecule has 2 aromatic carbocycles. The summed E-state index contributed by atoms with van der Waals surface area (Å²) in [5.41, 5.74) is 5.98. The molecular weight excluding hydrogens is 438 g/mol. The number of amides is 1. The van der Waals surface area contributed by atoms with Crippen molar-refractivity contribution in [3.05, 3.63) is 65.2 Å². The molecule has 6 heteroatoms. The van der Waals surface area contributed by atoms with Gasteiger partial charge in [-0.05, 0) is 78.9 Å². The van der Waals surface area contributed by atoms with Crippen LogP contribution >= 0.6 is 0 Å². The van der Waals surface area contributed by atoms with E-state index in [1.54, 1.807) is 12.7 Å². The summed E-state index contributed by atoms with van der Waals surface area (Å²) in [5, 5.41) is 0.